The van der Waals surface area contributed by atoms with Gasteiger partial charge in [-0.3, -0.25) is 0 Å². The highest BCUT2D eigenvalue weighted by Crippen LogP contribution is 2.25. The molecule has 0 unspecified atom stereocenters. The maximum atomic E-state index is 6.04. The van der Waals surface area contributed by atoms with Gasteiger partial charge in [-0.2, -0.15) is 4.98 Å². The molecule has 0 saturated heterocycles. The van der Waals surface area contributed by atoms with Crippen LogP contribution in [-0.2, 0) is 6.42 Å². The molecule has 1 aromatic carbocycles. The van der Waals surface area contributed by atoms with Crippen molar-refractivity contribution in [1.29, 1.82) is 0 Å². The molecule has 16 heavy (non-hydrogen) atoms. The molecule has 0 aliphatic rings. The van der Waals surface area contributed by atoms with Gasteiger partial charge in [-0.15, -0.1) is 0 Å². The number of hydrogen-bond donors (Lipinski definition) is 0. The molecule has 4 heteroatoms. The monoisotopic (exact) mass is 236 g/mol. The third-order valence-corrected chi connectivity index (χ3v) is 2.66. The Hall–Kier alpha value is -1.35. The second-order valence-corrected chi connectivity index (χ2v) is 4.01. The van der Waals surface area contributed by atoms with Gasteiger partial charge in [0.05, 0.1) is 10.6 Å². The molecule has 0 amide bonds. The van der Waals surface area contributed by atoms with Crippen LogP contribution in [-0.4, -0.2) is 10.1 Å². The summed E-state index contributed by atoms with van der Waals surface area (Å²) in [6, 6.07) is 7.46. The fourth-order valence-electron chi connectivity index (χ4n) is 1.43. The molecular formula is C12H13ClN2O. The lowest BCUT2D eigenvalue weighted by atomic mass is 10.2. The Morgan fingerprint density at radius 1 is 1.31 bits per heavy atom. The number of unbranched alkanes of at least 4 members (excludes halogenated alkanes) is 1. The average molecular weight is 237 g/mol. The number of nitrogens with zero attached hydrogens (tertiary/aromatic N) is 2. The lowest BCUT2D eigenvalue weighted by Gasteiger charge is -1.95. The second kappa shape index (κ2) is 5.12. The summed E-state index contributed by atoms with van der Waals surface area (Å²) in [6.07, 6.45) is 3.04. The van der Waals surface area contributed by atoms with Gasteiger partial charge in [-0.25, -0.2) is 0 Å². The van der Waals surface area contributed by atoms with Gasteiger partial charge in [-0.05, 0) is 18.6 Å². The topological polar surface area (TPSA) is 38.9 Å². The van der Waals surface area contributed by atoms with E-state index >= 15 is 0 Å². The molecule has 84 valence electrons. The van der Waals surface area contributed by atoms with E-state index in [9.17, 15) is 0 Å². The van der Waals surface area contributed by atoms with Gasteiger partial charge in [-0.1, -0.05) is 42.2 Å². The third-order valence-electron chi connectivity index (χ3n) is 2.33. The second-order valence-electron chi connectivity index (χ2n) is 3.60. The van der Waals surface area contributed by atoms with Crippen molar-refractivity contribution in [3.63, 3.8) is 0 Å². The quantitative estimate of drug-likeness (QED) is 0.812. The van der Waals surface area contributed by atoms with Crippen molar-refractivity contribution < 1.29 is 4.52 Å². The molecule has 0 fully saturated rings. The maximum absolute atomic E-state index is 6.04. The third kappa shape index (κ3) is 2.42. The predicted octanol–water partition coefficient (Wildman–Crippen LogP) is 3.73. The zero-order valence-electron chi connectivity index (χ0n) is 9.11. The van der Waals surface area contributed by atoms with Gasteiger partial charge in [0.2, 0.25) is 0 Å². The Morgan fingerprint density at radius 2 is 2.12 bits per heavy atom. The van der Waals surface area contributed by atoms with Crippen LogP contribution >= 0.6 is 11.6 Å². The van der Waals surface area contributed by atoms with Crippen molar-refractivity contribution in [3.8, 4) is 11.5 Å². The van der Waals surface area contributed by atoms with E-state index in [0.717, 1.165) is 30.7 Å². The van der Waals surface area contributed by atoms with Gasteiger partial charge >= 0.3 is 0 Å². The highest BCUT2D eigenvalue weighted by molar-refractivity contribution is 6.33. The number of rotatable bonds is 4. The Balaban J connectivity index is 2.22. The van der Waals surface area contributed by atoms with Crippen LogP contribution in [0.3, 0.4) is 0 Å². The number of hydrogen-bond acceptors (Lipinski definition) is 3. The molecule has 2 aromatic rings. The summed E-state index contributed by atoms with van der Waals surface area (Å²) in [4.78, 5) is 4.32. The van der Waals surface area contributed by atoms with Crippen molar-refractivity contribution in [2.75, 3.05) is 0 Å². The summed E-state index contributed by atoms with van der Waals surface area (Å²) < 4.78 is 5.18. The molecule has 0 spiro atoms. The smallest absolute Gasteiger partial charge is 0.259 e. The lowest BCUT2D eigenvalue weighted by Crippen LogP contribution is -1.87. The summed E-state index contributed by atoms with van der Waals surface area (Å²) >= 11 is 6.04. The summed E-state index contributed by atoms with van der Waals surface area (Å²) in [5, 5.41) is 4.56. The Morgan fingerprint density at radius 3 is 2.88 bits per heavy atom. The first-order valence-corrected chi connectivity index (χ1v) is 5.76. The van der Waals surface area contributed by atoms with Gasteiger partial charge < -0.3 is 4.52 Å². The molecule has 1 aromatic heterocycles. The van der Waals surface area contributed by atoms with E-state index in [1.165, 1.54) is 0 Å². The molecule has 2 rings (SSSR count). The molecule has 0 radical (unpaired) electrons. The van der Waals surface area contributed by atoms with E-state index < -0.39 is 0 Å². The van der Waals surface area contributed by atoms with Crippen LogP contribution < -0.4 is 0 Å². The molecule has 0 aliphatic heterocycles. The lowest BCUT2D eigenvalue weighted by molar-refractivity contribution is 0.421. The van der Waals surface area contributed by atoms with E-state index in [0.29, 0.717) is 10.9 Å². The maximum Gasteiger partial charge on any atom is 0.259 e. The molecular weight excluding hydrogens is 224 g/mol. The number of benzene rings is 1. The number of aryl methyl sites for hydroxylation is 1. The molecule has 0 aliphatic carbocycles. The minimum absolute atomic E-state index is 0.497. The van der Waals surface area contributed by atoms with Crippen LogP contribution in [0.4, 0.5) is 0 Å². The molecule has 3 nitrogen and oxygen atoms in total. The van der Waals surface area contributed by atoms with Crippen molar-refractivity contribution in [2.24, 2.45) is 0 Å². The van der Waals surface area contributed by atoms with Crippen LogP contribution in [0.15, 0.2) is 28.8 Å². The molecule has 1 heterocycles. The fourth-order valence-corrected chi connectivity index (χ4v) is 1.65. The van der Waals surface area contributed by atoms with Crippen molar-refractivity contribution in [2.45, 2.75) is 26.2 Å². The average Bonchev–Trinajstić information content (AvgIpc) is 2.75. The van der Waals surface area contributed by atoms with Crippen LogP contribution in [0.5, 0.6) is 0 Å². The molecule has 0 bridgehead atoms. The first-order valence-electron chi connectivity index (χ1n) is 5.38. The van der Waals surface area contributed by atoms with E-state index in [2.05, 4.69) is 17.1 Å². The van der Waals surface area contributed by atoms with Gasteiger partial charge in [0, 0.05) is 6.42 Å². The Bertz CT molecular complexity index is 468. The van der Waals surface area contributed by atoms with Gasteiger partial charge in [0.15, 0.2) is 5.82 Å². The number of aromatic nitrogens is 2. The zero-order chi connectivity index (χ0) is 11.4. The van der Waals surface area contributed by atoms with Crippen molar-refractivity contribution in [1.82, 2.24) is 10.1 Å². The minimum Gasteiger partial charge on any atom is -0.334 e. The first kappa shape index (κ1) is 11.1. The normalized spacial score (nSPS) is 10.6. The summed E-state index contributed by atoms with van der Waals surface area (Å²) in [6.45, 7) is 2.13. The van der Waals surface area contributed by atoms with Crippen LogP contribution in [0.1, 0.15) is 25.6 Å². The van der Waals surface area contributed by atoms with E-state index in [1.54, 1.807) is 0 Å². The predicted molar refractivity (Wildman–Crippen MR) is 63.4 cm³/mol. The van der Waals surface area contributed by atoms with E-state index in [1.807, 2.05) is 24.3 Å². The standard InChI is InChI=1S/C12H13ClN2O/c1-2-3-8-11-14-12(16-15-11)9-6-4-5-7-10(9)13/h4-7H,2-3,8H2,1H3. The zero-order valence-corrected chi connectivity index (χ0v) is 9.87. The van der Waals surface area contributed by atoms with E-state index in [4.69, 9.17) is 16.1 Å². The highest BCUT2D eigenvalue weighted by Gasteiger charge is 2.10. The van der Waals surface area contributed by atoms with Crippen LogP contribution in [0.25, 0.3) is 11.5 Å². The SMILES string of the molecule is CCCCc1noc(-c2ccccc2Cl)n1. The Labute approximate surface area is 99.4 Å². The largest absolute Gasteiger partial charge is 0.334 e. The molecule has 0 N–H and O–H groups in total. The van der Waals surface area contributed by atoms with Crippen molar-refractivity contribution >= 4 is 11.6 Å². The Kier molecular flexibility index (Phi) is 3.57. The summed E-state index contributed by atoms with van der Waals surface area (Å²) in [5.74, 6) is 1.24. The number of halogens is 1. The fraction of sp³-hybridized carbons (Fsp3) is 0.333. The minimum atomic E-state index is 0.497. The van der Waals surface area contributed by atoms with Crippen LogP contribution in [0.2, 0.25) is 5.02 Å². The molecule has 0 saturated carbocycles. The first-order chi connectivity index (χ1) is 7.81. The summed E-state index contributed by atoms with van der Waals surface area (Å²) in [7, 11) is 0. The molecule has 0 atom stereocenters. The van der Waals surface area contributed by atoms with Gasteiger partial charge in [0.1, 0.15) is 0 Å². The van der Waals surface area contributed by atoms with E-state index in [-0.39, 0.29) is 0 Å². The summed E-state index contributed by atoms with van der Waals surface area (Å²) in [5.41, 5.74) is 0.791. The van der Waals surface area contributed by atoms with Crippen molar-refractivity contribution in [3.05, 3.63) is 35.1 Å². The van der Waals surface area contributed by atoms with Crippen LogP contribution in [0, 0.1) is 0 Å². The van der Waals surface area contributed by atoms with Gasteiger partial charge in [0.25, 0.3) is 5.89 Å². The highest BCUT2D eigenvalue weighted by atomic mass is 35.5.